The van der Waals surface area contributed by atoms with E-state index in [2.05, 4.69) is 17.1 Å². The number of aliphatic hydroxyl groups is 1. The predicted octanol–water partition coefficient (Wildman–Crippen LogP) is 3.37. The molecule has 0 bridgehead atoms. The van der Waals surface area contributed by atoms with Crippen molar-refractivity contribution < 1.29 is 5.11 Å². The highest BCUT2D eigenvalue weighted by Gasteiger charge is 2.38. The molecule has 1 heterocycles. The monoisotopic (exact) mass is 322 g/mol. The van der Waals surface area contributed by atoms with E-state index in [4.69, 9.17) is 11.6 Å². The molecule has 3 rings (SSSR count). The molecule has 3 nitrogen and oxygen atoms in total. The van der Waals surface area contributed by atoms with Crippen LogP contribution in [0.1, 0.15) is 50.7 Å². The minimum Gasteiger partial charge on any atom is -0.387 e. The Morgan fingerprint density at radius 2 is 2.09 bits per heavy atom. The van der Waals surface area contributed by atoms with Crippen LogP contribution in [0.4, 0.5) is 0 Å². The van der Waals surface area contributed by atoms with Gasteiger partial charge in [-0.25, -0.2) is 0 Å². The van der Waals surface area contributed by atoms with Crippen LogP contribution in [0.2, 0.25) is 5.02 Å². The van der Waals surface area contributed by atoms with Crippen LogP contribution in [0.3, 0.4) is 0 Å². The average molecular weight is 323 g/mol. The van der Waals surface area contributed by atoms with E-state index in [1.54, 1.807) is 0 Å². The van der Waals surface area contributed by atoms with Crippen molar-refractivity contribution in [1.29, 1.82) is 0 Å². The van der Waals surface area contributed by atoms with Gasteiger partial charge in [-0.05, 0) is 69.8 Å². The highest BCUT2D eigenvalue weighted by atomic mass is 35.5. The summed E-state index contributed by atoms with van der Waals surface area (Å²) in [6.45, 7) is 5.58. The van der Waals surface area contributed by atoms with Crippen LogP contribution >= 0.6 is 11.6 Å². The quantitative estimate of drug-likeness (QED) is 0.872. The number of rotatable bonds is 5. The molecule has 1 aromatic carbocycles. The van der Waals surface area contributed by atoms with Crippen molar-refractivity contribution in [2.45, 2.75) is 56.7 Å². The van der Waals surface area contributed by atoms with Gasteiger partial charge in [-0.1, -0.05) is 23.7 Å². The molecule has 0 spiro atoms. The van der Waals surface area contributed by atoms with Gasteiger partial charge in [-0.3, -0.25) is 4.90 Å². The summed E-state index contributed by atoms with van der Waals surface area (Å²) in [6, 6.07) is 8.03. The molecule has 1 saturated carbocycles. The first kappa shape index (κ1) is 16.3. The summed E-state index contributed by atoms with van der Waals surface area (Å²) in [6.07, 6.45) is 5.81. The van der Waals surface area contributed by atoms with Crippen molar-refractivity contribution in [3.05, 3.63) is 34.9 Å². The van der Waals surface area contributed by atoms with Gasteiger partial charge in [0.15, 0.2) is 0 Å². The Morgan fingerprint density at radius 3 is 2.68 bits per heavy atom. The summed E-state index contributed by atoms with van der Waals surface area (Å²) in [7, 11) is 0. The fourth-order valence-corrected chi connectivity index (χ4v) is 3.92. The summed E-state index contributed by atoms with van der Waals surface area (Å²) in [5.41, 5.74) is 1.31. The van der Waals surface area contributed by atoms with Crippen LogP contribution in [-0.4, -0.2) is 41.2 Å². The fourth-order valence-electron chi connectivity index (χ4n) is 3.73. The van der Waals surface area contributed by atoms with Gasteiger partial charge in [-0.2, -0.15) is 0 Å². The molecule has 0 unspecified atom stereocenters. The van der Waals surface area contributed by atoms with Crippen LogP contribution in [-0.2, 0) is 0 Å². The SMILES string of the molecule is CC1(N2CCC2)CCC(NC[C@H](O)c2cccc(Cl)c2)CC1. The molecule has 1 saturated heterocycles. The Bertz CT molecular complexity index is 496. The molecule has 2 fully saturated rings. The molecule has 1 aromatic rings. The first-order valence-electron chi connectivity index (χ1n) is 8.49. The zero-order valence-corrected chi connectivity index (χ0v) is 14.1. The summed E-state index contributed by atoms with van der Waals surface area (Å²) in [5.74, 6) is 0. The predicted molar refractivity (Wildman–Crippen MR) is 91.3 cm³/mol. The molecule has 1 atom stereocenters. The number of nitrogens with one attached hydrogen (secondary N) is 1. The van der Waals surface area contributed by atoms with E-state index >= 15 is 0 Å². The molecule has 0 aromatic heterocycles. The number of benzene rings is 1. The third kappa shape index (κ3) is 3.65. The third-order valence-corrected chi connectivity index (χ3v) is 5.75. The topological polar surface area (TPSA) is 35.5 Å². The molecule has 0 amide bonds. The van der Waals surface area contributed by atoms with E-state index in [-0.39, 0.29) is 0 Å². The molecule has 22 heavy (non-hydrogen) atoms. The van der Waals surface area contributed by atoms with Crippen molar-refractivity contribution in [2.24, 2.45) is 0 Å². The maximum Gasteiger partial charge on any atom is 0.0914 e. The van der Waals surface area contributed by atoms with Crippen LogP contribution < -0.4 is 5.32 Å². The number of hydrogen-bond donors (Lipinski definition) is 2. The van der Waals surface area contributed by atoms with Gasteiger partial charge in [0.2, 0.25) is 0 Å². The zero-order valence-electron chi connectivity index (χ0n) is 13.4. The second-order valence-electron chi connectivity index (χ2n) is 7.09. The summed E-state index contributed by atoms with van der Waals surface area (Å²) in [4.78, 5) is 2.64. The summed E-state index contributed by atoms with van der Waals surface area (Å²) in [5, 5.41) is 14.5. The number of halogens is 1. The van der Waals surface area contributed by atoms with Crippen molar-refractivity contribution in [2.75, 3.05) is 19.6 Å². The van der Waals surface area contributed by atoms with Gasteiger partial charge in [0.05, 0.1) is 6.10 Å². The Balaban J connectivity index is 1.45. The van der Waals surface area contributed by atoms with Crippen molar-refractivity contribution >= 4 is 11.6 Å². The normalized spacial score (nSPS) is 30.8. The number of nitrogens with zero attached hydrogens (tertiary/aromatic N) is 1. The highest BCUT2D eigenvalue weighted by Crippen LogP contribution is 2.36. The molecule has 0 radical (unpaired) electrons. The summed E-state index contributed by atoms with van der Waals surface area (Å²) < 4.78 is 0. The lowest BCUT2D eigenvalue weighted by Crippen LogP contribution is -2.56. The minimum atomic E-state index is -0.484. The van der Waals surface area contributed by atoms with Gasteiger partial charge < -0.3 is 10.4 Å². The largest absolute Gasteiger partial charge is 0.387 e. The van der Waals surface area contributed by atoms with E-state index in [9.17, 15) is 5.11 Å². The van der Waals surface area contributed by atoms with Crippen LogP contribution in [0.25, 0.3) is 0 Å². The number of hydrogen-bond acceptors (Lipinski definition) is 3. The number of aliphatic hydroxyl groups excluding tert-OH is 1. The lowest BCUT2D eigenvalue weighted by molar-refractivity contribution is 0.00775. The average Bonchev–Trinajstić information content (AvgIpc) is 2.44. The molecular weight excluding hydrogens is 296 g/mol. The second kappa shape index (κ2) is 6.88. The maximum atomic E-state index is 10.3. The van der Waals surface area contributed by atoms with Crippen LogP contribution in [0.15, 0.2) is 24.3 Å². The third-order valence-electron chi connectivity index (χ3n) is 5.52. The lowest BCUT2D eigenvalue weighted by Gasteiger charge is -2.50. The molecular formula is C18H27ClN2O. The van der Waals surface area contributed by atoms with E-state index in [1.807, 2.05) is 24.3 Å². The lowest BCUT2D eigenvalue weighted by atomic mass is 9.78. The Kier molecular flexibility index (Phi) is 5.08. The Morgan fingerprint density at radius 1 is 1.36 bits per heavy atom. The van der Waals surface area contributed by atoms with E-state index in [1.165, 1.54) is 45.2 Å². The molecule has 1 aliphatic heterocycles. The maximum absolute atomic E-state index is 10.3. The smallest absolute Gasteiger partial charge is 0.0914 e. The zero-order chi connectivity index (χ0) is 15.6. The molecule has 122 valence electrons. The van der Waals surface area contributed by atoms with Crippen molar-refractivity contribution in [3.63, 3.8) is 0 Å². The standard InChI is InChI=1S/C18H27ClN2O/c1-18(21-10-3-11-21)8-6-16(7-9-18)20-13-17(22)14-4-2-5-15(19)12-14/h2,4-5,12,16-17,20,22H,3,6-11,13H2,1H3/t16?,17-,18?/m0/s1. The highest BCUT2D eigenvalue weighted by molar-refractivity contribution is 6.30. The first-order chi connectivity index (χ1) is 10.6. The Labute approximate surface area is 138 Å². The summed E-state index contributed by atoms with van der Waals surface area (Å²) >= 11 is 5.98. The van der Waals surface area contributed by atoms with Gasteiger partial charge in [0.1, 0.15) is 0 Å². The number of likely N-dealkylation sites (tertiary alicyclic amines) is 1. The van der Waals surface area contributed by atoms with Crippen molar-refractivity contribution in [3.8, 4) is 0 Å². The van der Waals surface area contributed by atoms with E-state index in [0.717, 1.165) is 5.56 Å². The van der Waals surface area contributed by atoms with E-state index in [0.29, 0.717) is 23.1 Å². The van der Waals surface area contributed by atoms with Gasteiger partial charge in [0, 0.05) is 23.1 Å². The molecule has 2 N–H and O–H groups in total. The molecule has 4 heteroatoms. The minimum absolute atomic E-state index is 0.419. The van der Waals surface area contributed by atoms with Crippen molar-refractivity contribution in [1.82, 2.24) is 10.2 Å². The Hall–Kier alpha value is -0.610. The fraction of sp³-hybridized carbons (Fsp3) is 0.667. The molecule has 2 aliphatic rings. The first-order valence-corrected chi connectivity index (χ1v) is 8.87. The van der Waals surface area contributed by atoms with Crippen LogP contribution in [0, 0.1) is 0 Å². The van der Waals surface area contributed by atoms with Gasteiger partial charge >= 0.3 is 0 Å². The van der Waals surface area contributed by atoms with Gasteiger partial charge in [0.25, 0.3) is 0 Å². The van der Waals surface area contributed by atoms with E-state index < -0.39 is 6.10 Å². The molecule has 1 aliphatic carbocycles. The van der Waals surface area contributed by atoms with Gasteiger partial charge in [-0.15, -0.1) is 0 Å². The second-order valence-corrected chi connectivity index (χ2v) is 7.53. The van der Waals surface area contributed by atoms with Crippen LogP contribution in [0.5, 0.6) is 0 Å².